The summed E-state index contributed by atoms with van der Waals surface area (Å²) in [5, 5.41) is 76.2. The quantitative estimate of drug-likeness (QED) is 0.210. The van der Waals surface area contributed by atoms with Crippen LogP contribution in [0.3, 0.4) is 0 Å². The van der Waals surface area contributed by atoms with E-state index in [1.54, 1.807) is 0 Å². The molecule has 4 atom stereocenters. The minimum Gasteiger partial charge on any atom is -0.394 e. The summed E-state index contributed by atoms with van der Waals surface area (Å²) in [4.78, 5) is 10.3. The fourth-order valence-electron chi connectivity index (χ4n) is 0.880. The summed E-state index contributed by atoms with van der Waals surface area (Å²) in [6, 6.07) is 0. The molecule has 23 heavy (non-hydrogen) atoms. The third kappa shape index (κ3) is 14.6. The number of aliphatic hydroxyl groups excluding tert-OH is 9. The first-order valence-electron chi connectivity index (χ1n) is 5.63. The van der Waals surface area contributed by atoms with Crippen LogP contribution in [0.1, 0.15) is 23.7 Å². The van der Waals surface area contributed by atoms with Gasteiger partial charge in [0, 0.05) is 0 Å². The van der Waals surface area contributed by atoms with E-state index in [0.29, 0.717) is 0 Å². The third-order valence-corrected chi connectivity index (χ3v) is 2.20. The molecule has 0 saturated heterocycles. The highest BCUT2D eigenvalue weighted by molar-refractivity contribution is 5.84. The smallest absolute Gasteiger partial charge is 0.394 e. The molecular formula is C13H35O10+. The van der Waals surface area contributed by atoms with Crippen LogP contribution in [0.15, 0.2) is 0 Å². The van der Waals surface area contributed by atoms with Crippen LogP contribution in [0.25, 0.3) is 0 Å². The Kier molecular flexibility index (Phi) is 28.5. The SMILES string of the molecule is C.C.C.O=C(CO)C(O)C(O)CO.OCC(O)C(O)C(O)CO.[H+]. The molecule has 9 N–H and O–H groups in total. The molecule has 0 aliphatic carbocycles. The van der Waals surface area contributed by atoms with Crippen LogP contribution in [-0.2, 0) is 4.79 Å². The maximum absolute atomic E-state index is 10.3. The molecule has 146 valence electrons. The van der Waals surface area contributed by atoms with Gasteiger partial charge in [0.25, 0.3) is 0 Å². The molecule has 0 aliphatic heterocycles. The Morgan fingerprint density at radius 1 is 0.696 bits per heavy atom. The molecule has 0 bridgehead atoms. The predicted octanol–water partition coefficient (Wildman–Crippen LogP) is -3.66. The van der Waals surface area contributed by atoms with Crippen molar-refractivity contribution in [2.75, 3.05) is 26.4 Å². The lowest BCUT2D eigenvalue weighted by Crippen LogP contribution is -2.41. The first kappa shape index (κ1) is 33.8. The Bertz CT molecular complexity index is 247. The van der Waals surface area contributed by atoms with E-state index in [9.17, 15) is 4.79 Å². The van der Waals surface area contributed by atoms with Crippen molar-refractivity contribution in [3.8, 4) is 0 Å². The number of ketones is 1. The summed E-state index contributed by atoms with van der Waals surface area (Å²) in [7, 11) is 0. The van der Waals surface area contributed by atoms with Gasteiger partial charge in [0.05, 0.1) is 19.8 Å². The van der Waals surface area contributed by atoms with Crippen LogP contribution in [0, 0.1) is 0 Å². The Morgan fingerprint density at radius 3 is 1.22 bits per heavy atom. The largest absolute Gasteiger partial charge is 1.00 e. The van der Waals surface area contributed by atoms with E-state index < -0.39 is 62.7 Å². The molecule has 0 aromatic rings. The van der Waals surface area contributed by atoms with Crippen molar-refractivity contribution >= 4 is 5.78 Å². The number of carbonyl (C=O) groups is 1. The van der Waals surface area contributed by atoms with E-state index in [-0.39, 0.29) is 23.7 Å². The van der Waals surface area contributed by atoms with Gasteiger partial charge in [-0.15, -0.1) is 0 Å². The topological polar surface area (TPSA) is 199 Å². The van der Waals surface area contributed by atoms with Crippen molar-refractivity contribution in [2.24, 2.45) is 0 Å². The third-order valence-electron chi connectivity index (χ3n) is 2.20. The van der Waals surface area contributed by atoms with Gasteiger partial charge in [-0.25, -0.2) is 0 Å². The molecular weight excluding hydrogens is 316 g/mol. The number of Topliss-reactive ketones (excluding diaryl/α,β-unsaturated/α-hetero) is 1. The maximum atomic E-state index is 10.3. The van der Waals surface area contributed by atoms with Gasteiger partial charge in [0.1, 0.15) is 37.1 Å². The number of rotatable bonds is 8. The molecule has 4 unspecified atom stereocenters. The monoisotopic (exact) mass is 351 g/mol. The number of carbonyl (C=O) groups excluding carboxylic acids is 1. The molecule has 0 spiro atoms. The highest BCUT2D eigenvalue weighted by atomic mass is 16.4. The van der Waals surface area contributed by atoms with E-state index in [1.807, 2.05) is 0 Å². The number of hydrogen-bond donors (Lipinski definition) is 9. The van der Waals surface area contributed by atoms with Gasteiger partial charge >= 0.3 is 1.43 Å². The molecule has 0 radical (unpaired) electrons. The summed E-state index contributed by atoms with van der Waals surface area (Å²) in [5.41, 5.74) is 0. The molecule has 0 aromatic carbocycles. The first-order chi connectivity index (χ1) is 9.26. The zero-order valence-electron chi connectivity index (χ0n) is 11.6. The lowest BCUT2D eigenvalue weighted by atomic mass is 10.1. The summed E-state index contributed by atoms with van der Waals surface area (Å²) < 4.78 is 0. The van der Waals surface area contributed by atoms with Crippen LogP contribution in [0.2, 0.25) is 0 Å². The lowest BCUT2D eigenvalue weighted by Gasteiger charge is -2.19. The average Bonchev–Trinajstić information content (AvgIpc) is 2.50. The molecule has 0 fully saturated rings. The zero-order valence-corrected chi connectivity index (χ0v) is 10.6. The fourth-order valence-corrected chi connectivity index (χ4v) is 0.880. The second kappa shape index (κ2) is 19.4. The van der Waals surface area contributed by atoms with E-state index >= 15 is 0 Å². The predicted molar refractivity (Wildman–Crippen MR) is 84.7 cm³/mol. The molecule has 0 amide bonds. The van der Waals surface area contributed by atoms with Gasteiger partial charge in [0.2, 0.25) is 0 Å². The summed E-state index contributed by atoms with van der Waals surface area (Å²) >= 11 is 0. The zero-order chi connectivity index (χ0) is 16.3. The van der Waals surface area contributed by atoms with Crippen molar-refractivity contribution in [3.05, 3.63) is 0 Å². The number of hydrogen-bond acceptors (Lipinski definition) is 10. The van der Waals surface area contributed by atoms with Crippen molar-refractivity contribution in [1.82, 2.24) is 0 Å². The molecule has 0 aliphatic rings. The van der Waals surface area contributed by atoms with Gasteiger partial charge in [-0.3, -0.25) is 4.79 Å². The van der Waals surface area contributed by atoms with Gasteiger partial charge in [0.15, 0.2) is 5.78 Å². The van der Waals surface area contributed by atoms with E-state index in [2.05, 4.69) is 0 Å². The minimum absolute atomic E-state index is 0. The van der Waals surface area contributed by atoms with Crippen molar-refractivity contribution < 1.29 is 52.2 Å². The van der Waals surface area contributed by atoms with Gasteiger partial charge < -0.3 is 46.0 Å². The number of aliphatic hydroxyl groups is 9. The Balaban J connectivity index is -0.0000000579. The average molecular weight is 351 g/mol. The maximum Gasteiger partial charge on any atom is 1.00 e. The highest BCUT2D eigenvalue weighted by Gasteiger charge is 2.23. The van der Waals surface area contributed by atoms with Crippen LogP contribution >= 0.6 is 0 Å². The summed E-state index contributed by atoms with van der Waals surface area (Å²) in [6.45, 7) is -2.82. The molecule has 10 nitrogen and oxygen atoms in total. The van der Waals surface area contributed by atoms with Crippen molar-refractivity contribution in [2.45, 2.75) is 52.8 Å². The summed E-state index contributed by atoms with van der Waals surface area (Å²) in [5.74, 6) is -0.901. The lowest BCUT2D eigenvalue weighted by molar-refractivity contribution is -0.137. The Hall–Kier alpha value is -0.690. The van der Waals surface area contributed by atoms with E-state index in [4.69, 9.17) is 46.0 Å². The molecule has 10 heteroatoms. The van der Waals surface area contributed by atoms with Crippen molar-refractivity contribution in [1.29, 1.82) is 0 Å². The van der Waals surface area contributed by atoms with Crippen molar-refractivity contribution in [3.63, 3.8) is 0 Å². The Morgan fingerprint density at radius 2 is 1.00 bits per heavy atom. The molecule has 0 saturated carbocycles. The van der Waals surface area contributed by atoms with Crippen LogP contribution in [0.5, 0.6) is 0 Å². The second-order valence-electron chi connectivity index (χ2n) is 3.81. The highest BCUT2D eigenvalue weighted by Crippen LogP contribution is 1.98. The molecule has 0 heterocycles. The van der Waals surface area contributed by atoms with Gasteiger partial charge in [-0.05, 0) is 0 Å². The summed E-state index contributed by atoms with van der Waals surface area (Å²) in [6.07, 6.45) is -7.48. The van der Waals surface area contributed by atoms with Gasteiger partial charge in [-0.2, -0.15) is 0 Å². The molecule has 0 rings (SSSR count). The minimum atomic E-state index is -1.69. The van der Waals surface area contributed by atoms with Crippen LogP contribution < -0.4 is 0 Å². The van der Waals surface area contributed by atoms with Gasteiger partial charge in [-0.1, -0.05) is 22.3 Å². The fraction of sp³-hybridized carbons (Fsp3) is 0.923. The Labute approximate surface area is 138 Å². The normalized spacial score (nSPS) is 15.9. The van der Waals surface area contributed by atoms with Crippen LogP contribution in [-0.4, -0.2) is 109 Å². The standard InChI is InChI=1S/C5H12O5.C5H10O5.3CH4/c2*6-1-3(8)5(10)4(9)2-7;;;/h3-10H,1-2H2;3,5-8,10H,1-2H2;3*1H4/p+1. The van der Waals surface area contributed by atoms with E-state index in [1.165, 1.54) is 0 Å². The van der Waals surface area contributed by atoms with Crippen LogP contribution in [0.4, 0.5) is 0 Å². The second-order valence-corrected chi connectivity index (χ2v) is 3.81. The first-order valence-corrected chi connectivity index (χ1v) is 5.63. The molecule has 0 aromatic heterocycles. The van der Waals surface area contributed by atoms with E-state index in [0.717, 1.165) is 0 Å².